The van der Waals surface area contributed by atoms with Gasteiger partial charge >= 0.3 is 0 Å². The zero-order chi connectivity index (χ0) is 11.5. The third kappa shape index (κ3) is 10.1. The summed E-state index contributed by atoms with van der Waals surface area (Å²) in [6, 6.07) is 0. The second-order valence-corrected chi connectivity index (χ2v) is 3.48. The maximum Gasteiger partial charge on any atom is 0.157 e. The van der Waals surface area contributed by atoms with Crippen molar-refractivity contribution in [1.29, 1.82) is 0 Å². The molecule has 0 aliphatic heterocycles. The Balaban J connectivity index is 3.35. The summed E-state index contributed by atoms with van der Waals surface area (Å²) in [6.45, 7) is 0.206. The molecule has 0 bridgehead atoms. The molecule has 0 aliphatic rings. The van der Waals surface area contributed by atoms with Gasteiger partial charge in [0.25, 0.3) is 0 Å². The lowest BCUT2D eigenvalue weighted by atomic mass is 10.2. The van der Waals surface area contributed by atoms with Crippen molar-refractivity contribution in [3.63, 3.8) is 0 Å². The Hall–Kier alpha value is -0.200. The van der Waals surface area contributed by atoms with Crippen LogP contribution in [0.5, 0.6) is 0 Å². The molecule has 4 N–H and O–H groups in total. The molecule has 0 rings (SSSR count). The van der Waals surface area contributed by atoms with E-state index in [4.69, 9.17) is 14.9 Å². The van der Waals surface area contributed by atoms with Gasteiger partial charge in [0.2, 0.25) is 0 Å². The van der Waals surface area contributed by atoms with Crippen molar-refractivity contribution in [1.82, 2.24) is 0 Å². The fourth-order valence-electron chi connectivity index (χ4n) is 1.18. The fourth-order valence-corrected chi connectivity index (χ4v) is 1.18. The van der Waals surface area contributed by atoms with Crippen LogP contribution in [0.15, 0.2) is 0 Å². The smallest absolute Gasteiger partial charge is 0.157 e. The van der Waals surface area contributed by atoms with E-state index in [0.717, 1.165) is 0 Å². The number of hydrogen-bond donors (Lipinski definition) is 4. The molecule has 0 aromatic carbocycles. The lowest BCUT2D eigenvalue weighted by molar-refractivity contribution is -0.212. The largest absolute Gasteiger partial charge is 0.396 e. The SMILES string of the molecule is OCCCCC(O)OC(O)CCCCO. The Morgan fingerprint density at radius 3 is 1.47 bits per heavy atom. The van der Waals surface area contributed by atoms with Crippen molar-refractivity contribution in [3.05, 3.63) is 0 Å². The molecular weight excluding hydrogens is 200 g/mol. The maximum atomic E-state index is 9.29. The van der Waals surface area contributed by atoms with Crippen LogP contribution in [0.4, 0.5) is 0 Å². The van der Waals surface area contributed by atoms with Crippen LogP contribution in [0.2, 0.25) is 0 Å². The third-order valence-electron chi connectivity index (χ3n) is 2.03. The van der Waals surface area contributed by atoms with Crippen molar-refractivity contribution in [2.45, 2.75) is 51.1 Å². The highest BCUT2D eigenvalue weighted by Crippen LogP contribution is 2.08. The van der Waals surface area contributed by atoms with E-state index in [-0.39, 0.29) is 13.2 Å². The molecule has 0 aliphatic carbocycles. The first-order valence-corrected chi connectivity index (χ1v) is 5.44. The van der Waals surface area contributed by atoms with E-state index in [0.29, 0.717) is 38.5 Å². The van der Waals surface area contributed by atoms with Gasteiger partial charge in [0.15, 0.2) is 12.6 Å². The summed E-state index contributed by atoms with van der Waals surface area (Å²) in [5, 5.41) is 35.6. The summed E-state index contributed by atoms with van der Waals surface area (Å²) in [7, 11) is 0. The zero-order valence-electron chi connectivity index (χ0n) is 9.01. The van der Waals surface area contributed by atoms with Crippen LogP contribution in [-0.4, -0.2) is 46.2 Å². The van der Waals surface area contributed by atoms with Gasteiger partial charge in [0.1, 0.15) is 0 Å². The maximum absolute atomic E-state index is 9.29. The molecule has 0 spiro atoms. The van der Waals surface area contributed by atoms with Crippen LogP contribution in [-0.2, 0) is 4.74 Å². The fraction of sp³-hybridized carbons (Fsp3) is 1.00. The predicted molar refractivity (Wildman–Crippen MR) is 55.0 cm³/mol. The zero-order valence-corrected chi connectivity index (χ0v) is 9.01. The highest BCUT2D eigenvalue weighted by molar-refractivity contribution is 4.48. The molecule has 0 fully saturated rings. The van der Waals surface area contributed by atoms with Gasteiger partial charge in [0, 0.05) is 13.2 Å². The standard InChI is InChI=1S/C10H22O5/c11-7-3-1-5-9(13)15-10(14)6-2-4-8-12/h9-14H,1-8H2. The Bertz CT molecular complexity index is 117. The molecule has 0 aromatic rings. The van der Waals surface area contributed by atoms with Crippen LogP contribution < -0.4 is 0 Å². The van der Waals surface area contributed by atoms with E-state index in [1.165, 1.54) is 0 Å². The molecular formula is C10H22O5. The van der Waals surface area contributed by atoms with E-state index in [1.807, 2.05) is 0 Å². The van der Waals surface area contributed by atoms with Gasteiger partial charge in [-0.2, -0.15) is 0 Å². The number of aliphatic hydroxyl groups is 4. The average Bonchev–Trinajstić information content (AvgIpc) is 2.18. The van der Waals surface area contributed by atoms with Gasteiger partial charge in [-0.15, -0.1) is 0 Å². The molecule has 0 aromatic heterocycles. The Labute approximate surface area is 90.3 Å². The monoisotopic (exact) mass is 222 g/mol. The van der Waals surface area contributed by atoms with Crippen molar-refractivity contribution < 1.29 is 25.2 Å². The summed E-state index contributed by atoms with van der Waals surface area (Å²) < 4.78 is 4.89. The van der Waals surface area contributed by atoms with Crippen LogP contribution in [0.1, 0.15) is 38.5 Å². The minimum absolute atomic E-state index is 0.103. The van der Waals surface area contributed by atoms with Crippen molar-refractivity contribution in [3.8, 4) is 0 Å². The van der Waals surface area contributed by atoms with Crippen LogP contribution in [0.25, 0.3) is 0 Å². The molecule has 0 saturated heterocycles. The Morgan fingerprint density at radius 1 is 0.733 bits per heavy atom. The van der Waals surface area contributed by atoms with Crippen LogP contribution in [0, 0.1) is 0 Å². The van der Waals surface area contributed by atoms with E-state index < -0.39 is 12.6 Å². The molecule has 0 amide bonds. The van der Waals surface area contributed by atoms with E-state index in [9.17, 15) is 10.2 Å². The summed E-state index contributed by atoms with van der Waals surface area (Å²) in [4.78, 5) is 0. The highest BCUT2D eigenvalue weighted by atomic mass is 16.7. The van der Waals surface area contributed by atoms with Crippen molar-refractivity contribution >= 4 is 0 Å². The summed E-state index contributed by atoms with van der Waals surface area (Å²) in [5.41, 5.74) is 0. The van der Waals surface area contributed by atoms with E-state index >= 15 is 0 Å². The Kier molecular flexibility index (Phi) is 10.2. The normalized spacial score (nSPS) is 15.2. The minimum atomic E-state index is -0.972. The lowest BCUT2D eigenvalue weighted by Gasteiger charge is -2.16. The average molecular weight is 222 g/mol. The molecule has 2 atom stereocenters. The molecule has 2 unspecified atom stereocenters. The van der Waals surface area contributed by atoms with Crippen molar-refractivity contribution in [2.75, 3.05) is 13.2 Å². The van der Waals surface area contributed by atoms with Gasteiger partial charge in [0.05, 0.1) is 0 Å². The molecule has 5 nitrogen and oxygen atoms in total. The lowest BCUT2D eigenvalue weighted by Crippen LogP contribution is -2.21. The Morgan fingerprint density at radius 2 is 1.13 bits per heavy atom. The number of rotatable bonds is 10. The van der Waals surface area contributed by atoms with Crippen molar-refractivity contribution in [2.24, 2.45) is 0 Å². The first kappa shape index (κ1) is 14.8. The number of hydrogen-bond acceptors (Lipinski definition) is 5. The van der Waals surface area contributed by atoms with E-state index in [2.05, 4.69) is 0 Å². The number of unbranched alkanes of at least 4 members (excludes halogenated alkanes) is 2. The first-order chi connectivity index (χ1) is 7.20. The van der Waals surface area contributed by atoms with E-state index in [1.54, 1.807) is 0 Å². The van der Waals surface area contributed by atoms with Gasteiger partial charge in [-0.25, -0.2) is 0 Å². The second-order valence-electron chi connectivity index (χ2n) is 3.48. The quantitative estimate of drug-likeness (QED) is 0.308. The highest BCUT2D eigenvalue weighted by Gasteiger charge is 2.10. The van der Waals surface area contributed by atoms with Gasteiger partial charge in [-0.3, -0.25) is 0 Å². The first-order valence-electron chi connectivity index (χ1n) is 5.44. The molecule has 15 heavy (non-hydrogen) atoms. The molecule has 5 heteroatoms. The molecule has 0 radical (unpaired) electrons. The third-order valence-corrected chi connectivity index (χ3v) is 2.03. The van der Waals surface area contributed by atoms with Gasteiger partial charge in [-0.05, 0) is 38.5 Å². The van der Waals surface area contributed by atoms with Gasteiger partial charge < -0.3 is 25.2 Å². The molecule has 0 saturated carbocycles. The topological polar surface area (TPSA) is 90.2 Å². The number of aliphatic hydroxyl groups excluding tert-OH is 4. The minimum Gasteiger partial charge on any atom is -0.396 e. The van der Waals surface area contributed by atoms with Gasteiger partial charge in [-0.1, -0.05) is 0 Å². The summed E-state index contributed by atoms with van der Waals surface area (Å²) >= 11 is 0. The van der Waals surface area contributed by atoms with Crippen LogP contribution in [0.3, 0.4) is 0 Å². The van der Waals surface area contributed by atoms with Crippen LogP contribution >= 0.6 is 0 Å². The predicted octanol–water partition coefficient (Wildman–Crippen LogP) is -0.0350. The molecule has 92 valence electrons. The summed E-state index contributed by atoms with van der Waals surface area (Å²) in [6.07, 6.45) is 1.47. The molecule has 0 heterocycles. The second kappa shape index (κ2) is 10.3. The number of ether oxygens (including phenoxy) is 1. The summed E-state index contributed by atoms with van der Waals surface area (Å²) in [5.74, 6) is 0.